The van der Waals surface area contributed by atoms with Gasteiger partial charge >= 0.3 is 6.03 Å². The average Bonchev–Trinajstić information content (AvgIpc) is 3.17. The van der Waals surface area contributed by atoms with E-state index in [1.807, 2.05) is 30.3 Å². The number of carbonyl (C=O) groups excluding carboxylic acids is 3. The minimum absolute atomic E-state index is 0.279. The number of amides is 4. The van der Waals surface area contributed by atoms with Crippen molar-refractivity contribution >= 4 is 17.8 Å². The fourth-order valence-corrected chi connectivity index (χ4v) is 3.44. The number of hydrogen-bond acceptors (Lipinski definition) is 4. The molecule has 1 aliphatic heterocycles. The van der Waals surface area contributed by atoms with Gasteiger partial charge in [-0.05, 0) is 31.9 Å². The second kappa shape index (κ2) is 7.13. The summed E-state index contributed by atoms with van der Waals surface area (Å²) in [5.41, 5.74) is -0.790. The maximum Gasteiger partial charge on any atom is 0.325 e. The van der Waals surface area contributed by atoms with E-state index in [4.69, 9.17) is 4.74 Å². The molecule has 1 heterocycles. The van der Waals surface area contributed by atoms with Crippen molar-refractivity contribution < 1.29 is 19.1 Å². The molecule has 2 fully saturated rings. The van der Waals surface area contributed by atoms with Crippen LogP contribution in [0, 0.1) is 0 Å². The van der Waals surface area contributed by atoms with Gasteiger partial charge in [-0.1, -0.05) is 31.0 Å². The third-order valence-corrected chi connectivity index (χ3v) is 4.83. The van der Waals surface area contributed by atoms with E-state index in [0.717, 1.165) is 23.5 Å². The maximum atomic E-state index is 12.6. The molecule has 4 amide bonds. The van der Waals surface area contributed by atoms with Crippen LogP contribution < -0.4 is 15.4 Å². The molecule has 1 spiro atoms. The Labute approximate surface area is 146 Å². The number of para-hydroxylation sites is 1. The summed E-state index contributed by atoms with van der Waals surface area (Å²) < 4.78 is 5.51. The lowest BCUT2D eigenvalue weighted by Gasteiger charge is -2.23. The number of carbonyl (C=O) groups is 3. The molecule has 0 radical (unpaired) electrons. The summed E-state index contributed by atoms with van der Waals surface area (Å²) in [5.74, 6) is 0.0791. The molecule has 1 aliphatic carbocycles. The molecule has 0 aromatic heterocycles. The number of nitrogens with zero attached hydrogens (tertiary/aromatic N) is 1. The largest absolute Gasteiger partial charge is 0.492 e. The molecule has 1 atom stereocenters. The molecule has 1 saturated heterocycles. The molecular weight excluding hydrogens is 322 g/mol. The minimum atomic E-state index is -0.843. The Morgan fingerprint density at radius 2 is 1.96 bits per heavy atom. The zero-order valence-electron chi connectivity index (χ0n) is 14.3. The van der Waals surface area contributed by atoms with E-state index < -0.39 is 17.6 Å². The lowest BCUT2D eigenvalue weighted by atomic mass is 9.97. The van der Waals surface area contributed by atoms with Gasteiger partial charge in [0.15, 0.2) is 0 Å². The van der Waals surface area contributed by atoms with Gasteiger partial charge < -0.3 is 15.4 Å². The number of benzene rings is 1. The lowest BCUT2D eigenvalue weighted by Crippen LogP contribution is -2.50. The van der Waals surface area contributed by atoms with E-state index in [9.17, 15) is 14.4 Å². The van der Waals surface area contributed by atoms with Crippen LogP contribution in [0.5, 0.6) is 5.75 Å². The summed E-state index contributed by atoms with van der Waals surface area (Å²) in [5, 5.41) is 5.50. The fourth-order valence-electron chi connectivity index (χ4n) is 3.44. The topological polar surface area (TPSA) is 87.7 Å². The van der Waals surface area contributed by atoms with Crippen molar-refractivity contribution in [3.8, 4) is 5.75 Å². The third kappa shape index (κ3) is 3.45. The summed E-state index contributed by atoms with van der Waals surface area (Å²) in [6.45, 7) is 2.18. The Balaban J connectivity index is 1.50. The van der Waals surface area contributed by atoms with Crippen molar-refractivity contribution in [2.75, 3.05) is 13.2 Å². The summed E-state index contributed by atoms with van der Waals surface area (Å²) >= 11 is 0. The minimum Gasteiger partial charge on any atom is -0.492 e. The van der Waals surface area contributed by atoms with E-state index in [1.54, 1.807) is 6.92 Å². The molecule has 1 unspecified atom stereocenters. The summed E-state index contributed by atoms with van der Waals surface area (Å²) in [6.07, 6.45) is 3.12. The second-order valence-corrected chi connectivity index (χ2v) is 6.52. The van der Waals surface area contributed by atoms with Crippen LogP contribution in [0.4, 0.5) is 4.79 Å². The molecule has 0 bridgehead atoms. The highest BCUT2D eigenvalue weighted by Crippen LogP contribution is 2.35. The van der Waals surface area contributed by atoms with Crippen molar-refractivity contribution in [3.63, 3.8) is 0 Å². The fraction of sp³-hybridized carbons (Fsp3) is 0.500. The van der Waals surface area contributed by atoms with Crippen LogP contribution >= 0.6 is 0 Å². The molecule has 1 aromatic carbocycles. The maximum absolute atomic E-state index is 12.6. The number of ether oxygens (including phenoxy) is 1. The van der Waals surface area contributed by atoms with Crippen LogP contribution in [0.15, 0.2) is 30.3 Å². The Morgan fingerprint density at radius 1 is 1.28 bits per heavy atom. The molecule has 1 saturated carbocycles. The quantitative estimate of drug-likeness (QED) is 0.603. The zero-order chi connectivity index (χ0) is 17.9. The van der Waals surface area contributed by atoms with Gasteiger partial charge in [-0.2, -0.15) is 0 Å². The molecule has 7 heteroatoms. The van der Waals surface area contributed by atoms with Crippen molar-refractivity contribution in [1.29, 1.82) is 0 Å². The smallest absolute Gasteiger partial charge is 0.325 e. The molecule has 2 aliphatic rings. The van der Waals surface area contributed by atoms with Gasteiger partial charge in [0.1, 0.15) is 23.9 Å². The number of urea groups is 1. The summed E-state index contributed by atoms with van der Waals surface area (Å²) in [6, 6.07) is 7.97. The van der Waals surface area contributed by atoms with Crippen LogP contribution in [-0.2, 0) is 9.59 Å². The van der Waals surface area contributed by atoms with E-state index in [2.05, 4.69) is 10.6 Å². The molecule has 1 aromatic rings. The number of imide groups is 1. The van der Waals surface area contributed by atoms with Crippen LogP contribution in [0.25, 0.3) is 0 Å². The predicted molar refractivity (Wildman–Crippen MR) is 91.0 cm³/mol. The van der Waals surface area contributed by atoms with E-state index in [1.165, 1.54) is 0 Å². The zero-order valence-corrected chi connectivity index (χ0v) is 14.3. The molecule has 25 heavy (non-hydrogen) atoms. The highest BCUT2D eigenvalue weighted by molar-refractivity contribution is 6.09. The Hall–Kier alpha value is -2.57. The van der Waals surface area contributed by atoms with Crippen molar-refractivity contribution in [2.45, 2.75) is 44.2 Å². The first-order chi connectivity index (χ1) is 12.0. The van der Waals surface area contributed by atoms with Crippen LogP contribution in [0.1, 0.15) is 32.6 Å². The lowest BCUT2D eigenvalue weighted by molar-refractivity contribution is -0.137. The average molecular weight is 345 g/mol. The predicted octanol–water partition coefficient (Wildman–Crippen LogP) is 1.43. The van der Waals surface area contributed by atoms with Gasteiger partial charge in [0.05, 0.1) is 6.54 Å². The van der Waals surface area contributed by atoms with Gasteiger partial charge in [0.2, 0.25) is 5.91 Å². The van der Waals surface area contributed by atoms with Crippen LogP contribution in [0.2, 0.25) is 0 Å². The monoisotopic (exact) mass is 345 g/mol. The van der Waals surface area contributed by atoms with Gasteiger partial charge in [-0.3, -0.25) is 9.59 Å². The highest BCUT2D eigenvalue weighted by atomic mass is 16.5. The van der Waals surface area contributed by atoms with Crippen LogP contribution in [0.3, 0.4) is 0 Å². The number of hydrogen-bond donors (Lipinski definition) is 2. The summed E-state index contributed by atoms with van der Waals surface area (Å²) in [4.78, 5) is 38.2. The Bertz CT molecular complexity index is 656. The third-order valence-electron chi connectivity index (χ3n) is 4.83. The van der Waals surface area contributed by atoms with E-state index in [-0.39, 0.29) is 11.8 Å². The Morgan fingerprint density at radius 3 is 2.64 bits per heavy atom. The van der Waals surface area contributed by atoms with Gasteiger partial charge in [0.25, 0.3) is 5.91 Å². The van der Waals surface area contributed by atoms with Crippen molar-refractivity contribution in [2.24, 2.45) is 0 Å². The standard InChI is InChI=1S/C18H23N3O4/c1-13(15(22)19-11-12-25-14-7-3-2-4-8-14)21-16(23)18(20-17(21)24)9-5-6-10-18/h2-4,7-8,13H,5-6,9-12H2,1H3,(H,19,22)(H,20,24). The highest BCUT2D eigenvalue weighted by Gasteiger charge is 2.54. The molecule has 7 nitrogen and oxygen atoms in total. The van der Waals surface area contributed by atoms with Crippen molar-refractivity contribution in [3.05, 3.63) is 30.3 Å². The Kier molecular flexibility index (Phi) is 4.92. The first-order valence-corrected chi connectivity index (χ1v) is 8.65. The molecular formula is C18H23N3O4. The molecule has 3 rings (SSSR count). The van der Waals surface area contributed by atoms with Crippen LogP contribution in [-0.4, -0.2) is 47.5 Å². The molecule has 134 valence electrons. The van der Waals surface area contributed by atoms with E-state index >= 15 is 0 Å². The van der Waals surface area contributed by atoms with Crippen molar-refractivity contribution in [1.82, 2.24) is 15.5 Å². The second-order valence-electron chi connectivity index (χ2n) is 6.52. The SMILES string of the molecule is CC(C(=O)NCCOc1ccccc1)N1C(=O)NC2(CCCC2)C1=O. The van der Waals surface area contributed by atoms with Gasteiger partial charge in [-0.15, -0.1) is 0 Å². The van der Waals surface area contributed by atoms with Gasteiger partial charge in [0, 0.05) is 0 Å². The number of nitrogens with one attached hydrogen (secondary N) is 2. The first-order valence-electron chi connectivity index (χ1n) is 8.65. The number of rotatable bonds is 6. The molecule has 2 N–H and O–H groups in total. The first kappa shape index (κ1) is 17.3. The normalized spacial score (nSPS) is 19.8. The van der Waals surface area contributed by atoms with E-state index in [0.29, 0.717) is 26.0 Å². The van der Waals surface area contributed by atoms with Gasteiger partial charge in [-0.25, -0.2) is 9.69 Å². The summed E-state index contributed by atoms with van der Waals surface area (Å²) in [7, 11) is 0.